The van der Waals surface area contributed by atoms with E-state index in [-0.39, 0.29) is 11.6 Å². The van der Waals surface area contributed by atoms with Gasteiger partial charge in [0.15, 0.2) is 0 Å². The quantitative estimate of drug-likeness (QED) is 0.314. The number of rotatable bonds is 6. The average Bonchev–Trinajstić information content (AvgIpc) is 3.14. The van der Waals surface area contributed by atoms with Crippen LogP contribution in [0.25, 0.3) is 0 Å². The van der Waals surface area contributed by atoms with Crippen molar-refractivity contribution in [3.63, 3.8) is 0 Å². The monoisotopic (exact) mass is 454 g/mol. The van der Waals surface area contributed by atoms with Crippen LogP contribution in [0.5, 0.6) is 0 Å². The summed E-state index contributed by atoms with van der Waals surface area (Å²) in [5.74, 6) is 2.00. The summed E-state index contributed by atoms with van der Waals surface area (Å²) in [4.78, 5) is 36.0. The molecule has 166 valence electrons. The molecule has 0 spiro atoms. The summed E-state index contributed by atoms with van der Waals surface area (Å²) in [7, 11) is 0. The second-order valence-corrected chi connectivity index (χ2v) is 8.32. The molecule has 0 bridgehead atoms. The number of carbonyl (C=O) groups excluding carboxylic acids is 1. The van der Waals surface area contributed by atoms with Gasteiger partial charge in [-0.2, -0.15) is 0 Å². The van der Waals surface area contributed by atoms with E-state index in [9.17, 15) is 14.9 Å². The van der Waals surface area contributed by atoms with E-state index in [4.69, 9.17) is 4.52 Å². The molecule has 11 heteroatoms. The van der Waals surface area contributed by atoms with Crippen molar-refractivity contribution in [3.8, 4) is 0 Å². The molecular formula is C21H22N6O4S. The molecule has 32 heavy (non-hydrogen) atoms. The van der Waals surface area contributed by atoms with Gasteiger partial charge in [-0.3, -0.25) is 14.9 Å². The van der Waals surface area contributed by atoms with Crippen LogP contribution in [0.3, 0.4) is 0 Å². The van der Waals surface area contributed by atoms with Crippen LogP contribution < -0.4 is 4.90 Å². The van der Waals surface area contributed by atoms with E-state index >= 15 is 0 Å². The SMILES string of the molecule is Cc1noc(C)c1CSc1ncccc1C(=O)N1CCN(c2ccc([N+](=O)[O-])cn2)CC1. The van der Waals surface area contributed by atoms with Gasteiger partial charge in [-0.25, -0.2) is 9.97 Å². The third kappa shape index (κ3) is 4.57. The van der Waals surface area contributed by atoms with Crippen molar-refractivity contribution < 1.29 is 14.2 Å². The summed E-state index contributed by atoms with van der Waals surface area (Å²) in [6, 6.07) is 6.65. The number of amides is 1. The van der Waals surface area contributed by atoms with Gasteiger partial charge in [0, 0.05) is 49.8 Å². The van der Waals surface area contributed by atoms with Crippen molar-refractivity contribution in [2.75, 3.05) is 31.1 Å². The number of pyridine rings is 2. The Labute approximate surface area is 188 Å². The standard InChI is InChI=1S/C21H22N6O4S/c1-14-18(15(2)31-24-14)13-32-20-17(4-3-7-22-20)21(28)26-10-8-25(9-11-26)19-6-5-16(12-23-19)27(29)30/h3-7,12H,8-11,13H2,1-2H3. The Balaban J connectivity index is 1.40. The van der Waals surface area contributed by atoms with Gasteiger partial charge < -0.3 is 14.3 Å². The number of hydrogen-bond donors (Lipinski definition) is 0. The lowest BCUT2D eigenvalue weighted by Crippen LogP contribution is -2.49. The van der Waals surface area contributed by atoms with E-state index in [0.29, 0.717) is 48.3 Å². The summed E-state index contributed by atoms with van der Waals surface area (Å²) in [5, 5.41) is 15.5. The lowest BCUT2D eigenvalue weighted by molar-refractivity contribution is -0.385. The van der Waals surface area contributed by atoms with E-state index in [1.54, 1.807) is 29.3 Å². The zero-order valence-electron chi connectivity index (χ0n) is 17.7. The maximum atomic E-state index is 13.2. The van der Waals surface area contributed by atoms with Crippen molar-refractivity contribution >= 4 is 29.2 Å². The maximum Gasteiger partial charge on any atom is 0.287 e. The molecule has 0 aliphatic carbocycles. The van der Waals surface area contributed by atoms with E-state index in [1.807, 2.05) is 18.7 Å². The number of aryl methyl sites for hydroxylation is 2. The second-order valence-electron chi connectivity index (χ2n) is 7.36. The van der Waals surface area contributed by atoms with Crippen molar-refractivity contribution in [3.05, 3.63) is 69.4 Å². The zero-order valence-corrected chi connectivity index (χ0v) is 18.5. The number of aromatic nitrogens is 3. The lowest BCUT2D eigenvalue weighted by atomic mass is 10.2. The molecule has 0 aromatic carbocycles. The summed E-state index contributed by atoms with van der Waals surface area (Å²) < 4.78 is 5.22. The highest BCUT2D eigenvalue weighted by atomic mass is 32.2. The molecule has 4 heterocycles. The zero-order chi connectivity index (χ0) is 22.7. The number of nitro groups is 1. The number of nitrogens with zero attached hydrogens (tertiary/aromatic N) is 6. The molecule has 4 rings (SSSR count). The highest BCUT2D eigenvalue weighted by Gasteiger charge is 2.25. The topological polar surface area (TPSA) is 119 Å². The van der Waals surface area contributed by atoms with Crippen LogP contribution in [0.2, 0.25) is 0 Å². The Morgan fingerprint density at radius 1 is 1.19 bits per heavy atom. The van der Waals surface area contributed by atoms with Gasteiger partial charge in [-0.05, 0) is 32.0 Å². The van der Waals surface area contributed by atoms with Crippen molar-refractivity contribution in [1.29, 1.82) is 0 Å². The fourth-order valence-corrected chi connectivity index (χ4v) is 4.64. The molecule has 3 aromatic heterocycles. The Bertz CT molecular complexity index is 1110. The van der Waals surface area contributed by atoms with Crippen LogP contribution in [0.1, 0.15) is 27.4 Å². The third-order valence-electron chi connectivity index (χ3n) is 5.37. The van der Waals surface area contributed by atoms with Gasteiger partial charge in [0.1, 0.15) is 22.8 Å². The molecule has 1 saturated heterocycles. The van der Waals surface area contributed by atoms with Crippen molar-refractivity contribution in [2.45, 2.75) is 24.6 Å². The van der Waals surface area contributed by atoms with E-state index in [1.165, 1.54) is 24.0 Å². The average molecular weight is 455 g/mol. The Hall–Kier alpha value is -3.47. The number of thioether (sulfide) groups is 1. The van der Waals surface area contributed by atoms with E-state index in [2.05, 4.69) is 15.1 Å². The first-order chi connectivity index (χ1) is 15.4. The largest absolute Gasteiger partial charge is 0.361 e. The number of carbonyl (C=O) groups is 1. The van der Waals surface area contributed by atoms with E-state index in [0.717, 1.165) is 17.0 Å². The van der Waals surface area contributed by atoms with Crippen LogP contribution in [-0.4, -0.2) is 57.0 Å². The number of piperazine rings is 1. The van der Waals surface area contributed by atoms with Gasteiger partial charge in [0.25, 0.3) is 11.6 Å². The maximum absolute atomic E-state index is 13.2. The van der Waals surface area contributed by atoms with Gasteiger partial charge >= 0.3 is 0 Å². The predicted octanol–water partition coefficient (Wildman–Crippen LogP) is 3.24. The van der Waals surface area contributed by atoms with Gasteiger partial charge in [0.05, 0.1) is 16.2 Å². The lowest BCUT2D eigenvalue weighted by Gasteiger charge is -2.35. The molecule has 0 radical (unpaired) electrons. The molecule has 0 atom stereocenters. The smallest absolute Gasteiger partial charge is 0.287 e. The summed E-state index contributed by atoms with van der Waals surface area (Å²) in [6.45, 7) is 6.02. The molecule has 1 fully saturated rings. The minimum Gasteiger partial charge on any atom is -0.361 e. The normalized spacial score (nSPS) is 13.9. The number of anilines is 1. The summed E-state index contributed by atoms with van der Waals surface area (Å²) in [5.41, 5.74) is 2.39. The Kier molecular flexibility index (Phi) is 6.35. The molecule has 1 aliphatic heterocycles. The molecule has 0 saturated carbocycles. The first-order valence-corrected chi connectivity index (χ1v) is 11.1. The van der Waals surface area contributed by atoms with Crippen LogP contribution in [0.4, 0.5) is 11.5 Å². The highest BCUT2D eigenvalue weighted by Crippen LogP contribution is 2.28. The second kappa shape index (κ2) is 9.35. The minimum absolute atomic E-state index is 0.0410. The molecular weight excluding hydrogens is 432 g/mol. The fraction of sp³-hybridized carbons (Fsp3) is 0.333. The minimum atomic E-state index is -0.470. The van der Waals surface area contributed by atoms with Crippen LogP contribution in [0.15, 0.2) is 46.2 Å². The van der Waals surface area contributed by atoms with Crippen LogP contribution >= 0.6 is 11.8 Å². The summed E-state index contributed by atoms with van der Waals surface area (Å²) >= 11 is 1.49. The van der Waals surface area contributed by atoms with Gasteiger partial charge in [-0.1, -0.05) is 5.16 Å². The number of hydrogen-bond acceptors (Lipinski definition) is 9. The highest BCUT2D eigenvalue weighted by molar-refractivity contribution is 7.98. The molecule has 1 aliphatic rings. The Morgan fingerprint density at radius 3 is 2.59 bits per heavy atom. The van der Waals surface area contributed by atoms with Gasteiger partial charge in [-0.15, -0.1) is 11.8 Å². The summed E-state index contributed by atoms with van der Waals surface area (Å²) in [6.07, 6.45) is 2.94. The van der Waals surface area contributed by atoms with Gasteiger partial charge in [0.2, 0.25) is 0 Å². The Morgan fingerprint density at radius 2 is 1.97 bits per heavy atom. The third-order valence-corrected chi connectivity index (χ3v) is 6.40. The van der Waals surface area contributed by atoms with Crippen LogP contribution in [-0.2, 0) is 5.75 Å². The van der Waals surface area contributed by atoms with Crippen molar-refractivity contribution in [2.24, 2.45) is 0 Å². The molecule has 10 nitrogen and oxygen atoms in total. The molecule has 1 amide bonds. The van der Waals surface area contributed by atoms with Crippen molar-refractivity contribution in [1.82, 2.24) is 20.0 Å². The predicted molar refractivity (Wildman–Crippen MR) is 119 cm³/mol. The first kappa shape index (κ1) is 21.8. The first-order valence-electron chi connectivity index (χ1n) is 10.1. The van der Waals surface area contributed by atoms with Crippen LogP contribution in [0, 0.1) is 24.0 Å². The molecule has 3 aromatic rings. The molecule has 0 unspecified atom stereocenters. The fourth-order valence-electron chi connectivity index (χ4n) is 3.50. The molecule has 0 N–H and O–H groups in total. The van der Waals surface area contributed by atoms with E-state index < -0.39 is 4.92 Å².